The number of hydrogen-bond acceptors (Lipinski definition) is 3. The van der Waals surface area contributed by atoms with Crippen LogP contribution in [0.2, 0.25) is 0 Å². The Morgan fingerprint density at radius 2 is 2.00 bits per heavy atom. The van der Waals surface area contributed by atoms with Gasteiger partial charge in [0.2, 0.25) is 5.91 Å². The van der Waals surface area contributed by atoms with Crippen LogP contribution in [-0.2, 0) is 9.53 Å². The van der Waals surface area contributed by atoms with Gasteiger partial charge in [-0.1, -0.05) is 39.0 Å². The van der Waals surface area contributed by atoms with Crippen LogP contribution in [0.15, 0.2) is 0 Å². The molecule has 1 aliphatic carbocycles. The van der Waals surface area contributed by atoms with Crippen molar-refractivity contribution in [3.63, 3.8) is 0 Å². The van der Waals surface area contributed by atoms with Gasteiger partial charge in [0, 0.05) is 12.6 Å². The molecule has 0 bridgehead atoms. The lowest BCUT2D eigenvalue weighted by atomic mass is 9.78. The van der Waals surface area contributed by atoms with Crippen LogP contribution in [0.25, 0.3) is 0 Å². The normalized spacial score (nSPS) is 28.6. The summed E-state index contributed by atoms with van der Waals surface area (Å²) in [6.07, 6.45) is 6.74. The van der Waals surface area contributed by atoms with Gasteiger partial charge in [-0.3, -0.25) is 4.79 Å². The fourth-order valence-corrected chi connectivity index (χ4v) is 3.26. The highest BCUT2D eigenvalue weighted by atomic mass is 16.5. The van der Waals surface area contributed by atoms with Crippen LogP contribution in [0, 0.1) is 11.8 Å². The molecule has 0 spiro atoms. The molecule has 2 rings (SSSR count). The summed E-state index contributed by atoms with van der Waals surface area (Å²) in [7, 11) is 0. The zero-order valence-electron chi connectivity index (χ0n) is 12.3. The summed E-state index contributed by atoms with van der Waals surface area (Å²) >= 11 is 0. The average Bonchev–Trinajstić information content (AvgIpc) is 2.48. The number of morpholine rings is 1. The van der Waals surface area contributed by atoms with E-state index in [1.807, 2.05) is 0 Å². The highest BCUT2D eigenvalue weighted by molar-refractivity contribution is 5.82. The van der Waals surface area contributed by atoms with Gasteiger partial charge in [0.25, 0.3) is 0 Å². The summed E-state index contributed by atoms with van der Waals surface area (Å²) in [5, 5.41) is 6.37. The van der Waals surface area contributed by atoms with Gasteiger partial charge in [-0.25, -0.2) is 0 Å². The molecule has 0 aromatic carbocycles. The fourth-order valence-electron chi connectivity index (χ4n) is 3.26. The summed E-state index contributed by atoms with van der Waals surface area (Å²) in [6.45, 7) is 6.39. The van der Waals surface area contributed by atoms with Crippen molar-refractivity contribution in [3.05, 3.63) is 0 Å². The van der Waals surface area contributed by atoms with Crippen molar-refractivity contribution in [2.24, 2.45) is 11.8 Å². The molecule has 0 aromatic rings. The maximum absolute atomic E-state index is 12.1. The lowest BCUT2D eigenvalue weighted by Crippen LogP contribution is -2.54. The molecule has 3 atom stereocenters. The molecule has 19 heavy (non-hydrogen) atoms. The van der Waals surface area contributed by atoms with Gasteiger partial charge >= 0.3 is 0 Å². The molecule has 2 fully saturated rings. The Kier molecular flexibility index (Phi) is 5.64. The Morgan fingerprint density at radius 1 is 1.26 bits per heavy atom. The van der Waals surface area contributed by atoms with Crippen molar-refractivity contribution in [3.8, 4) is 0 Å². The molecule has 4 nitrogen and oxygen atoms in total. The van der Waals surface area contributed by atoms with E-state index >= 15 is 0 Å². The van der Waals surface area contributed by atoms with Crippen LogP contribution in [0.1, 0.15) is 46.0 Å². The van der Waals surface area contributed by atoms with E-state index in [4.69, 9.17) is 4.74 Å². The van der Waals surface area contributed by atoms with E-state index in [1.165, 1.54) is 32.1 Å². The number of ether oxygens (including phenoxy) is 1. The SMILES string of the molecule is C[C@H](NC(=O)[C@H]1COCCN1)[C@@H](C)C1CCCCC1. The van der Waals surface area contributed by atoms with Crippen LogP contribution in [-0.4, -0.2) is 37.7 Å². The number of nitrogens with one attached hydrogen (secondary N) is 2. The molecular weight excluding hydrogens is 240 g/mol. The maximum atomic E-state index is 12.1. The predicted molar refractivity (Wildman–Crippen MR) is 76.0 cm³/mol. The topological polar surface area (TPSA) is 50.4 Å². The minimum Gasteiger partial charge on any atom is -0.378 e. The van der Waals surface area contributed by atoms with E-state index in [1.54, 1.807) is 0 Å². The molecule has 4 heteroatoms. The first-order chi connectivity index (χ1) is 9.18. The van der Waals surface area contributed by atoms with Gasteiger partial charge in [0.05, 0.1) is 13.2 Å². The second-order valence-electron chi connectivity index (χ2n) is 6.14. The summed E-state index contributed by atoms with van der Waals surface area (Å²) in [5.41, 5.74) is 0. The second kappa shape index (κ2) is 7.25. The first-order valence-electron chi connectivity index (χ1n) is 7.80. The molecule has 1 aliphatic heterocycles. The zero-order valence-corrected chi connectivity index (χ0v) is 12.3. The molecule has 1 amide bonds. The van der Waals surface area contributed by atoms with E-state index in [-0.39, 0.29) is 18.0 Å². The van der Waals surface area contributed by atoms with Crippen molar-refractivity contribution in [1.29, 1.82) is 0 Å². The third kappa shape index (κ3) is 4.18. The largest absolute Gasteiger partial charge is 0.378 e. The van der Waals surface area contributed by atoms with Crippen LogP contribution >= 0.6 is 0 Å². The quantitative estimate of drug-likeness (QED) is 0.816. The lowest BCUT2D eigenvalue weighted by molar-refractivity contribution is -0.127. The second-order valence-corrected chi connectivity index (χ2v) is 6.14. The smallest absolute Gasteiger partial charge is 0.239 e. The average molecular weight is 268 g/mol. The Labute approximate surface area is 116 Å². The Bertz CT molecular complexity index is 284. The van der Waals surface area contributed by atoms with Crippen molar-refractivity contribution in [2.45, 2.75) is 58.0 Å². The van der Waals surface area contributed by atoms with Gasteiger partial charge < -0.3 is 15.4 Å². The summed E-state index contributed by atoms with van der Waals surface area (Å²) in [6, 6.07) is 0.0779. The number of carbonyl (C=O) groups is 1. The third-order valence-electron chi connectivity index (χ3n) is 4.79. The number of rotatable bonds is 4. The lowest BCUT2D eigenvalue weighted by Gasteiger charge is -2.33. The minimum absolute atomic E-state index is 0.0925. The molecule has 2 N–H and O–H groups in total. The van der Waals surface area contributed by atoms with Crippen molar-refractivity contribution >= 4 is 5.91 Å². The number of carbonyl (C=O) groups excluding carboxylic acids is 1. The van der Waals surface area contributed by atoms with Crippen LogP contribution in [0.3, 0.4) is 0 Å². The standard InChI is InChI=1S/C15H28N2O2/c1-11(13-6-4-3-5-7-13)12(2)17-15(18)14-10-19-9-8-16-14/h11-14,16H,3-10H2,1-2H3,(H,17,18)/t11-,12+,14-/m1/s1. The molecule has 2 aliphatic rings. The molecule has 0 radical (unpaired) electrons. The Balaban J connectivity index is 1.78. The predicted octanol–water partition coefficient (Wildman–Crippen LogP) is 1.70. The molecule has 1 heterocycles. The monoisotopic (exact) mass is 268 g/mol. The van der Waals surface area contributed by atoms with Crippen molar-refractivity contribution in [1.82, 2.24) is 10.6 Å². The van der Waals surface area contributed by atoms with Crippen LogP contribution in [0.5, 0.6) is 0 Å². The molecule has 1 saturated carbocycles. The van der Waals surface area contributed by atoms with Crippen LogP contribution in [0.4, 0.5) is 0 Å². The van der Waals surface area contributed by atoms with Gasteiger partial charge in [-0.2, -0.15) is 0 Å². The fraction of sp³-hybridized carbons (Fsp3) is 0.933. The van der Waals surface area contributed by atoms with E-state index < -0.39 is 0 Å². The van der Waals surface area contributed by atoms with Gasteiger partial charge in [-0.05, 0) is 18.8 Å². The highest BCUT2D eigenvalue weighted by Crippen LogP contribution is 2.31. The molecular formula is C15H28N2O2. The molecule has 0 aromatic heterocycles. The van der Waals surface area contributed by atoms with Crippen molar-refractivity contribution < 1.29 is 9.53 Å². The van der Waals surface area contributed by atoms with Gasteiger partial charge in [0.15, 0.2) is 0 Å². The van der Waals surface area contributed by atoms with E-state index in [9.17, 15) is 4.79 Å². The van der Waals surface area contributed by atoms with E-state index in [0.29, 0.717) is 19.1 Å². The minimum atomic E-state index is -0.172. The number of hydrogen-bond donors (Lipinski definition) is 2. The summed E-state index contributed by atoms with van der Waals surface area (Å²) in [5.74, 6) is 1.43. The molecule has 110 valence electrons. The summed E-state index contributed by atoms with van der Waals surface area (Å²) < 4.78 is 5.34. The van der Waals surface area contributed by atoms with E-state index in [2.05, 4.69) is 24.5 Å². The Hall–Kier alpha value is -0.610. The molecule has 1 saturated heterocycles. The van der Waals surface area contributed by atoms with Gasteiger partial charge in [-0.15, -0.1) is 0 Å². The summed E-state index contributed by atoms with van der Waals surface area (Å²) in [4.78, 5) is 12.1. The first kappa shape index (κ1) is 14.8. The highest BCUT2D eigenvalue weighted by Gasteiger charge is 2.28. The zero-order chi connectivity index (χ0) is 13.7. The third-order valence-corrected chi connectivity index (χ3v) is 4.79. The van der Waals surface area contributed by atoms with Crippen molar-refractivity contribution in [2.75, 3.05) is 19.8 Å². The van der Waals surface area contributed by atoms with E-state index in [0.717, 1.165) is 12.5 Å². The van der Waals surface area contributed by atoms with Gasteiger partial charge in [0.1, 0.15) is 6.04 Å². The Morgan fingerprint density at radius 3 is 2.63 bits per heavy atom. The first-order valence-corrected chi connectivity index (χ1v) is 7.80. The maximum Gasteiger partial charge on any atom is 0.239 e. The van der Waals surface area contributed by atoms with Crippen LogP contribution < -0.4 is 10.6 Å². The number of amides is 1. The molecule has 0 unspecified atom stereocenters.